The fourth-order valence-corrected chi connectivity index (χ4v) is 2.35. The van der Waals surface area contributed by atoms with Gasteiger partial charge in [0.05, 0.1) is 6.10 Å². The molecule has 1 aliphatic heterocycles. The van der Waals surface area contributed by atoms with E-state index in [1.807, 2.05) is 0 Å². The van der Waals surface area contributed by atoms with E-state index in [1.54, 1.807) is 0 Å². The third-order valence-electron chi connectivity index (χ3n) is 3.16. The Kier molecular flexibility index (Phi) is 5.73. The fraction of sp³-hybridized carbons (Fsp3) is 1.00. The van der Waals surface area contributed by atoms with Crippen LogP contribution in [-0.2, 0) is 4.74 Å². The van der Waals surface area contributed by atoms with E-state index in [9.17, 15) is 0 Å². The van der Waals surface area contributed by atoms with E-state index in [0.29, 0.717) is 6.10 Å². The number of hydrogen-bond acceptors (Lipinski definition) is 3. The van der Waals surface area contributed by atoms with Crippen LogP contribution in [0.15, 0.2) is 0 Å². The monoisotopic (exact) mass is 228 g/mol. The van der Waals surface area contributed by atoms with Crippen LogP contribution in [0.3, 0.4) is 0 Å². The molecule has 2 N–H and O–H groups in total. The molecular weight excluding hydrogens is 200 g/mol. The van der Waals surface area contributed by atoms with Crippen LogP contribution in [0.1, 0.15) is 46.5 Å². The van der Waals surface area contributed by atoms with Crippen LogP contribution in [-0.4, -0.2) is 42.8 Å². The molecule has 96 valence electrons. The second-order valence-corrected chi connectivity index (χ2v) is 5.61. The molecule has 0 aromatic rings. The Bertz CT molecular complexity index is 187. The van der Waals surface area contributed by atoms with Crippen molar-refractivity contribution in [2.24, 2.45) is 5.73 Å². The van der Waals surface area contributed by atoms with Crippen molar-refractivity contribution < 1.29 is 4.74 Å². The Hall–Kier alpha value is -0.120. The molecule has 3 heteroatoms. The van der Waals surface area contributed by atoms with Crippen LogP contribution < -0.4 is 5.73 Å². The largest absolute Gasteiger partial charge is 0.377 e. The molecule has 0 spiro atoms. The number of nitrogens with two attached hydrogens (primary N) is 1. The van der Waals surface area contributed by atoms with E-state index in [-0.39, 0.29) is 5.54 Å². The van der Waals surface area contributed by atoms with Gasteiger partial charge in [0.25, 0.3) is 0 Å². The number of nitrogens with zero attached hydrogens (tertiary/aromatic N) is 1. The number of hydrogen-bond donors (Lipinski definition) is 1. The summed E-state index contributed by atoms with van der Waals surface area (Å²) in [5.41, 5.74) is 5.96. The summed E-state index contributed by atoms with van der Waals surface area (Å²) >= 11 is 0. The smallest absolute Gasteiger partial charge is 0.0702 e. The molecule has 1 heterocycles. The average Bonchev–Trinajstić information content (AvgIpc) is 2.17. The summed E-state index contributed by atoms with van der Waals surface area (Å²) in [7, 11) is 0. The molecule has 1 atom stereocenters. The molecule has 0 aromatic carbocycles. The highest BCUT2D eigenvalue weighted by atomic mass is 16.5. The van der Waals surface area contributed by atoms with Crippen molar-refractivity contribution in [3.05, 3.63) is 0 Å². The second-order valence-electron chi connectivity index (χ2n) is 5.61. The molecule has 1 saturated heterocycles. The first-order chi connectivity index (χ1) is 7.51. The fourth-order valence-electron chi connectivity index (χ4n) is 2.35. The summed E-state index contributed by atoms with van der Waals surface area (Å²) in [4.78, 5) is 2.52. The molecule has 0 saturated carbocycles. The normalized spacial score (nSPS) is 23.6. The lowest BCUT2D eigenvalue weighted by molar-refractivity contribution is 0.00534. The van der Waals surface area contributed by atoms with E-state index in [0.717, 1.165) is 19.6 Å². The first-order valence-corrected chi connectivity index (χ1v) is 6.64. The van der Waals surface area contributed by atoms with Gasteiger partial charge in [-0.2, -0.15) is 0 Å². The lowest BCUT2D eigenvalue weighted by Crippen LogP contribution is -2.41. The molecule has 1 fully saturated rings. The maximum absolute atomic E-state index is 5.98. The zero-order chi connectivity index (χ0) is 12.0. The summed E-state index contributed by atoms with van der Waals surface area (Å²) in [6.07, 6.45) is 5.26. The van der Waals surface area contributed by atoms with Gasteiger partial charge >= 0.3 is 0 Å². The van der Waals surface area contributed by atoms with Crippen LogP contribution in [0.25, 0.3) is 0 Å². The number of rotatable bonds is 6. The van der Waals surface area contributed by atoms with Crippen molar-refractivity contribution in [1.82, 2.24) is 4.90 Å². The van der Waals surface area contributed by atoms with Crippen LogP contribution in [0.5, 0.6) is 0 Å². The molecule has 3 nitrogen and oxygen atoms in total. The van der Waals surface area contributed by atoms with Crippen molar-refractivity contribution >= 4 is 0 Å². The van der Waals surface area contributed by atoms with Gasteiger partial charge in [0.2, 0.25) is 0 Å². The van der Waals surface area contributed by atoms with E-state index in [1.165, 1.54) is 32.4 Å². The van der Waals surface area contributed by atoms with Gasteiger partial charge in [-0.25, -0.2) is 0 Å². The van der Waals surface area contributed by atoms with Gasteiger partial charge in [-0.3, -0.25) is 0 Å². The van der Waals surface area contributed by atoms with Crippen LogP contribution in [0, 0.1) is 0 Å². The molecule has 1 unspecified atom stereocenters. The first-order valence-electron chi connectivity index (χ1n) is 6.64. The van der Waals surface area contributed by atoms with Crippen molar-refractivity contribution in [2.75, 3.05) is 26.2 Å². The Balaban J connectivity index is 2.16. The zero-order valence-corrected chi connectivity index (χ0v) is 11.2. The van der Waals surface area contributed by atoms with Gasteiger partial charge in [0.15, 0.2) is 0 Å². The predicted octanol–water partition coefficient (Wildman–Crippen LogP) is 2.00. The van der Waals surface area contributed by atoms with Gasteiger partial charge in [0.1, 0.15) is 0 Å². The summed E-state index contributed by atoms with van der Waals surface area (Å²) in [6.45, 7) is 10.6. The Morgan fingerprint density at radius 3 is 2.81 bits per heavy atom. The molecule has 0 bridgehead atoms. The highest BCUT2D eigenvalue weighted by Crippen LogP contribution is 2.15. The van der Waals surface area contributed by atoms with Gasteiger partial charge in [-0.1, -0.05) is 0 Å². The molecule has 16 heavy (non-hydrogen) atoms. The quantitative estimate of drug-likeness (QED) is 0.756. The summed E-state index contributed by atoms with van der Waals surface area (Å²) in [5, 5.41) is 0. The van der Waals surface area contributed by atoms with E-state index >= 15 is 0 Å². The minimum atomic E-state index is -0.0187. The van der Waals surface area contributed by atoms with E-state index in [2.05, 4.69) is 25.7 Å². The summed E-state index contributed by atoms with van der Waals surface area (Å²) in [5.74, 6) is 0. The zero-order valence-electron chi connectivity index (χ0n) is 11.2. The van der Waals surface area contributed by atoms with E-state index in [4.69, 9.17) is 10.5 Å². The van der Waals surface area contributed by atoms with E-state index < -0.39 is 0 Å². The molecule has 1 rings (SSSR count). The van der Waals surface area contributed by atoms with Gasteiger partial charge in [-0.05, 0) is 59.5 Å². The molecule has 0 radical (unpaired) electrons. The minimum Gasteiger partial charge on any atom is -0.377 e. The number of ether oxygens (including phenoxy) is 1. The van der Waals surface area contributed by atoms with Crippen molar-refractivity contribution in [3.63, 3.8) is 0 Å². The summed E-state index contributed by atoms with van der Waals surface area (Å²) < 4.78 is 5.69. The van der Waals surface area contributed by atoms with Gasteiger partial charge < -0.3 is 15.4 Å². The lowest BCUT2D eigenvalue weighted by Gasteiger charge is -2.33. The third-order valence-corrected chi connectivity index (χ3v) is 3.16. The maximum Gasteiger partial charge on any atom is 0.0702 e. The predicted molar refractivity (Wildman–Crippen MR) is 68.6 cm³/mol. The standard InChI is InChI=1S/C13H28N2O/c1-4-16-12-7-5-9-15(11-12)10-6-8-13(2,3)14/h12H,4-11,14H2,1-3H3. The first kappa shape index (κ1) is 13.9. The molecule has 0 aliphatic carbocycles. The third kappa shape index (κ3) is 5.83. The molecule has 0 amide bonds. The number of likely N-dealkylation sites (tertiary alicyclic amines) is 1. The molecule has 0 aromatic heterocycles. The molecule has 1 aliphatic rings. The Morgan fingerprint density at radius 2 is 2.19 bits per heavy atom. The molecular formula is C13H28N2O. The highest BCUT2D eigenvalue weighted by molar-refractivity contribution is 4.76. The van der Waals surface area contributed by atoms with Crippen LogP contribution >= 0.6 is 0 Å². The lowest BCUT2D eigenvalue weighted by atomic mass is 9.99. The Labute approximate surface area is 100 Å². The maximum atomic E-state index is 5.98. The summed E-state index contributed by atoms with van der Waals surface area (Å²) in [6, 6.07) is 0. The van der Waals surface area contributed by atoms with Crippen LogP contribution in [0.4, 0.5) is 0 Å². The van der Waals surface area contributed by atoms with Crippen molar-refractivity contribution in [1.29, 1.82) is 0 Å². The average molecular weight is 228 g/mol. The topological polar surface area (TPSA) is 38.5 Å². The van der Waals surface area contributed by atoms with Gasteiger partial charge in [0, 0.05) is 18.7 Å². The van der Waals surface area contributed by atoms with Gasteiger partial charge in [-0.15, -0.1) is 0 Å². The minimum absolute atomic E-state index is 0.0187. The Morgan fingerprint density at radius 1 is 1.44 bits per heavy atom. The van der Waals surface area contributed by atoms with Crippen molar-refractivity contribution in [3.8, 4) is 0 Å². The van der Waals surface area contributed by atoms with Crippen molar-refractivity contribution in [2.45, 2.75) is 58.1 Å². The SMILES string of the molecule is CCOC1CCCN(CCCC(C)(C)N)C1. The highest BCUT2D eigenvalue weighted by Gasteiger charge is 2.20. The number of piperidine rings is 1. The second kappa shape index (κ2) is 6.58. The van der Waals surface area contributed by atoms with Crippen LogP contribution in [0.2, 0.25) is 0 Å².